The molecule has 0 amide bonds. The number of nitrogens with zero attached hydrogens (tertiary/aromatic N) is 3. The maximum Gasteiger partial charge on any atom is 0.326 e. The number of para-hydroxylation sites is 2. The van der Waals surface area contributed by atoms with E-state index in [0.29, 0.717) is 18.9 Å². The van der Waals surface area contributed by atoms with Crippen LogP contribution in [0.3, 0.4) is 0 Å². The molecule has 5 rings (SSSR count). The molecular weight excluding hydrogens is 464 g/mol. The number of aromatic nitrogens is 4. The number of aromatic amines is 1. The molecule has 1 unspecified atom stereocenters. The highest BCUT2D eigenvalue weighted by Crippen LogP contribution is 2.24. The first-order valence-electron chi connectivity index (χ1n) is 12.2. The fourth-order valence-electron chi connectivity index (χ4n) is 4.63. The van der Waals surface area contributed by atoms with Crippen molar-refractivity contribution in [1.82, 2.24) is 19.5 Å². The smallest absolute Gasteiger partial charge is 0.326 e. The molecule has 2 heterocycles. The number of carboxylic acid groups (broad SMARTS) is 1. The van der Waals surface area contributed by atoms with Crippen molar-refractivity contribution in [3.05, 3.63) is 101 Å². The van der Waals surface area contributed by atoms with Crippen molar-refractivity contribution in [2.45, 2.75) is 39.8 Å². The zero-order chi connectivity index (χ0) is 25.9. The lowest BCUT2D eigenvalue weighted by Crippen LogP contribution is -2.32. The average Bonchev–Trinajstić information content (AvgIpc) is 3.51. The van der Waals surface area contributed by atoms with Gasteiger partial charge in [0, 0.05) is 24.0 Å². The Labute approximate surface area is 215 Å². The number of imidazole rings is 2. The quantitative estimate of drug-likeness (QED) is 0.219. The summed E-state index contributed by atoms with van der Waals surface area (Å²) in [4.78, 5) is 24.3. The van der Waals surface area contributed by atoms with E-state index in [1.807, 2.05) is 80.1 Å². The van der Waals surface area contributed by atoms with Gasteiger partial charge in [0.15, 0.2) is 0 Å². The number of carboxylic acids is 1. The van der Waals surface area contributed by atoms with Crippen molar-refractivity contribution in [2.24, 2.45) is 0 Å². The molecule has 3 aromatic carbocycles. The second-order valence-corrected chi connectivity index (χ2v) is 9.41. The van der Waals surface area contributed by atoms with E-state index in [0.717, 1.165) is 50.4 Å². The fraction of sp³-hybridized carbons (Fsp3) is 0.207. The lowest BCUT2D eigenvalue weighted by atomic mass is 10.0. The van der Waals surface area contributed by atoms with E-state index in [4.69, 9.17) is 0 Å². The Morgan fingerprint density at radius 1 is 1.05 bits per heavy atom. The molecule has 0 radical (unpaired) electrons. The van der Waals surface area contributed by atoms with Crippen LogP contribution in [-0.2, 0) is 17.8 Å². The summed E-state index contributed by atoms with van der Waals surface area (Å²) in [6, 6.07) is 19.2. The third-order valence-corrected chi connectivity index (χ3v) is 6.43. The number of rotatable bonds is 9. The summed E-state index contributed by atoms with van der Waals surface area (Å²) in [7, 11) is 0. The van der Waals surface area contributed by atoms with Gasteiger partial charge >= 0.3 is 5.97 Å². The van der Waals surface area contributed by atoms with Crippen LogP contribution in [0.2, 0.25) is 0 Å². The molecule has 0 bridgehead atoms. The van der Waals surface area contributed by atoms with Crippen LogP contribution in [0.5, 0.6) is 0 Å². The number of hydrogen-bond acceptors (Lipinski definition) is 5. The van der Waals surface area contributed by atoms with Crippen molar-refractivity contribution in [2.75, 3.05) is 10.6 Å². The van der Waals surface area contributed by atoms with E-state index in [1.54, 1.807) is 6.33 Å². The Bertz CT molecular complexity index is 1490. The molecule has 8 nitrogen and oxygen atoms in total. The van der Waals surface area contributed by atoms with Gasteiger partial charge in [-0.05, 0) is 61.7 Å². The molecule has 1 atom stereocenters. The largest absolute Gasteiger partial charge is 0.480 e. The Balaban J connectivity index is 1.23. The third-order valence-electron chi connectivity index (χ3n) is 6.43. The lowest BCUT2D eigenvalue weighted by Gasteiger charge is -2.20. The summed E-state index contributed by atoms with van der Waals surface area (Å²) in [5.74, 6) is -0.169. The van der Waals surface area contributed by atoms with Crippen molar-refractivity contribution < 1.29 is 9.90 Å². The molecule has 0 aliphatic carbocycles. The molecule has 4 N–H and O–H groups in total. The monoisotopic (exact) mass is 494 g/mol. The summed E-state index contributed by atoms with van der Waals surface area (Å²) in [5, 5.41) is 16.4. The minimum atomic E-state index is -0.875. The van der Waals surface area contributed by atoms with Gasteiger partial charge in [-0.1, -0.05) is 42.0 Å². The molecule has 0 saturated heterocycles. The summed E-state index contributed by atoms with van der Waals surface area (Å²) < 4.78 is 1.95. The van der Waals surface area contributed by atoms with E-state index in [1.165, 1.54) is 0 Å². The van der Waals surface area contributed by atoms with Gasteiger partial charge in [0.05, 0.1) is 29.6 Å². The topological polar surface area (TPSA) is 108 Å². The first kappa shape index (κ1) is 24.1. The van der Waals surface area contributed by atoms with Gasteiger partial charge in [0.25, 0.3) is 0 Å². The second kappa shape index (κ2) is 10.2. The Hall–Kier alpha value is -4.59. The van der Waals surface area contributed by atoms with E-state index >= 15 is 0 Å². The summed E-state index contributed by atoms with van der Waals surface area (Å²) in [6.07, 6.45) is 4.11. The number of nitrogens with one attached hydrogen (secondary N) is 3. The number of carbonyl (C=O) groups is 1. The second-order valence-electron chi connectivity index (χ2n) is 9.41. The molecule has 0 fully saturated rings. The van der Waals surface area contributed by atoms with Crippen LogP contribution < -0.4 is 10.6 Å². The van der Waals surface area contributed by atoms with E-state index in [2.05, 4.69) is 37.7 Å². The van der Waals surface area contributed by atoms with Gasteiger partial charge in [-0.2, -0.15) is 0 Å². The Kier molecular flexibility index (Phi) is 6.64. The number of aliphatic carboxylic acids is 1. The molecule has 2 aromatic heterocycles. The Morgan fingerprint density at radius 2 is 1.78 bits per heavy atom. The van der Waals surface area contributed by atoms with Gasteiger partial charge < -0.3 is 25.3 Å². The number of fused-ring (bicyclic) bond motifs is 1. The van der Waals surface area contributed by atoms with Crippen molar-refractivity contribution in [3.8, 4) is 5.69 Å². The normalized spacial score (nSPS) is 12.0. The Morgan fingerprint density at radius 3 is 2.49 bits per heavy atom. The standard InChI is InChI=1S/C29H30N6O2/c1-18-12-19(2)27(20(3)13-18)32-26(28(36)37)14-21-8-10-23(11-9-21)35-16-22(31-17-35)15-30-29-33-24-6-4-5-7-25(24)34-29/h4-13,16-17,26,32H,14-15H2,1-3H3,(H,36,37)(H2,30,33,34). The number of aryl methyl sites for hydroxylation is 3. The molecule has 37 heavy (non-hydrogen) atoms. The van der Waals surface area contributed by atoms with Crippen molar-refractivity contribution >= 4 is 28.6 Å². The van der Waals surface area contributed by atoms with Crippen LogP contribution in [0.15, 0.2) is 73.2 Å². The molecule has 0 aliphatic heterocycles. The third kappa shape index (κ3) is 5.48. The molecule has 5 aromatic rings. The van der Waals surface area contributed by atoms with Gasteiger partial charge in [-0.15, -0.1) is 0 Å². The van der Waals surface area contributed by atoms with E-state index in [9.17, 15) is 9.90 Å². The van der Waals surface area contributed by atoms with Gasteiger partial charge in [0.2, 0.25) is 5.95 Å². The molecule has 0 saturated carbocycles. The highest BCUT2D eigenvalue weighted by molar-refractivity contribution is 5.79. The van der Waals surface area contributed by atoms with Gasteiger partial charge in [-0.25, -0.2) is 14.8 Å². The van der Waals surface area contributed by atoms with Gasteiger partial charge in [0.1, 0.15) is 6.04 Å². The van der Waals surface area contributed by atoms with Crippen LogP contribution in [0, 0.1) is 20.8 Å². The SMILES string of the molecule is Cc1cc(C)c(NC(Cc2ccc(-n3cnc(CNc4nc5ccccc5[nH]4)c3)cc2)C(=O)O)c(C)c1. The minimum absolute atomic E-state index is 0.374. The zero-order valence-corrected chi connectivity index (χ0v) is 21.1. The summed E-state index contributed by atoms with van der Waals surface area (Å²) in [6.45, 7) is 6.58. The molecule has 0 aliphatic rings. The van der Waals surface area contributed by atoms with Crippen LogP contribution in [0.1, 0.15) is 27.9 Å². The van der Waals surface area contributed by atoms with Crippen LogP contribution >= 0.6 is 0 Å². The molecule has 188 valence electrons. The predicted molar refractivity (Wildman–Crippen MR) is 146 cm³/mol. The highest BCUT2D eigenvalue weighted by atomic mass is 16.4. The van der Waals surface area contributed by atoms with Crippen LogP contribution in [0.4, 0.5) is 11.6 Å². The fourth-order valence-corrected chi connectivity index (χ4v) is 4.63. The first-order chi connectivity index (χ1) is 17.9. The first-order valence-corrected chi connectivity index (χ1v) is 12.2. The maximum absolute atomic E-state index is 12.0. The van der Waals surface area contributed by atoms with Gasteiger partial charge in [-0.3, -0.25) is 0 Å². The summed E-state index contributed by atoms with van der Waals surface area (Å²) >= 11 is 0. The lowest BCUT2D eigenvalue weighted by molar-refractivity contribution is -0.137. The summed E-state index contributed by atoms with van der Waals surface area (Å²) in [5.41, 5.74) is 8.82. The maximum atomic E-state index is 12.0. The number of hydrogen-bond donors (Lipinski definition) is 4. The number of H-pyrrole nitrogens is 1. The zero-order valence-electron chi connectivity index (χ0n) is 21.1. The van der Waals surface area contributed by atoms with E-state index < -0.39 is 12.0 Å². The minimum Gasteiger partial charge on any atom is -0.480 e. The van der Waals surface area contributed by atoms with Crippen LogP contribution in [-0.4, -0.2) is 36.6 Å². The average molecular weight is 495 g/mol. The number of benzene rings is 3. The van der Waals surface area contributed by atoms with E-state index in [-0.39, 0.29) is 0 Å². The van der Waals surface area contributed by atoms with Crippen molar-refractivity contribution in [1.29, 1.82) is 0 Å². The molecule has 0 spiro atoms. The van der Waals surface area contributed by atoms with Crippen LogP contribution in [0.25, 0.3) is 16.7 Å². The number of anilines is 2. The molecule has 8 heteroatoms. The van der Waals surface area contributed by atoms with Crippen molar-refractivity contribution in [3.63, 3.8) is 0 Å². The highest BCUT2D eigenvalue weighted by Gasteiger charge is 2.20. The predicted octanol–water partition coefficient (Wildman–Crippen LogP) is 5.39. The molecular formula is C29H30N6O2.